The van der Waals surface area contributed by atoms with Gasteiger partial charge in [-0.2, -0.15) is 0 Å². The van der Waals surface area contributed by atoms with Crippen molar-refractivity contribution in [2.24, 2.45) is 0 Å². The van der Waals surface area contributed by atoms with Gasteiger partial charge in [0.1, 0.15) is 5.52 Å². The molecule has 0 bridgehead atoms. The van der Waals surface area contributed by atoms with E-state index in [1.165, 1.54) is 0 Å². The molecule has 0 radical (unpaired) electrons. The van der Waals surface area contributed by atoms with E-state index in [1.54, 1.807) is 10.9 Å². The van der Waals surface area contributed by atoms with Gasteiger partial charge in [-0.05, 0) is 18.6 Å². The Labute approximate surface area is 103 Å². The SMILES string of the molecule is Cc1cnc2c(c1)nc(N)n2CCn1ccnn1. The minimum Gasteiger partial charge on any atom is -0.369 e. The summed E-state index contributed by atoms with van der Waals surface area (Å²) < 4.78 is 3.63. The summed E-state index contributed by atoms with van der Waals surface area (Å²) in [6, 6.07) is 1.98. The third-order valence-electron chi connectivity index (χ3n) is 2.78. The molecule has 7 heteroatoms. The van der Waals surface area contributed by atoms with Gasteiger partial charge in [0.2, 0.25) is 5.95 Å². The molecule has 0 atom stereocenters. The van der Waals surface area contributed by atoms with Gasteiger partial charge in [0.25, 0.3) is 0 Å². The van der Waals surface area contributed by atoms with E-state index in [0.29, 0.717) is 19.0 Å². The number of aromatic nitrogens is 6. The molecule has 0 saturated heterocycles. The average molecular weight is 243 g/mol. The summed E-state index contributed by atoms with van der Waals surface area (Å²) >= 11 is 0. The van der Waals surface area contributed by atoms with Crippen molar-refractivity contribution in [3.63, 3.8) is 0 Å². The molecular formula is C11H13N7. The van der Waals surface area contributed by atoms with Crippen LogP contribution in [0, 0.1) is 6.92 Å². The van der Waals surface area contributed by atoms with Crippen molar-refractivity contribution in [3.8, 4) is 0 Å². The number of nitrogens with zero attached hydrogens (tertiary/aromatic N) is 6. The monoisotopic (exact) mass is 243 g/mol. The number of hydrogen-bond acceptors (Lipinski definition) is 5. The van der Waals surface area contributed by atoms with E-state index in [0.717, 1.165) is 16.7 Å². The molecule has 7 nitrogen and oxygen atoms in total. The summed E-state index contributed by atoms with van der Waals surface area (Å²) in [5.74, 6) is 0.475. The summed E-state index contributed by atoms with van der Waals surface area (Å²) in [5.41, 5.74) is 8.61. The maximum atomic E-state index is 5.91. The van der Waals surface area contributed by atoms with Crippen LogP contribution < -0.4 is 5.73 Å². The Hall–Kier alpha value is -2.44. The summed E-state index contributed by atoms with van der Waals surface area (Å²) in [6.45, 7) is 3.34. The zero-order valence-corrected chi connectivity index (χ0v) is 9.98. The number of hydrogen-bond donors (Lipinski definition) is 1. The second-order valence-corrected chi connectivity index (χ2v) is 4.14. The van der Waals surface area contributed by atoms with Crippen LogP contribution in [-0.2, 0) is 13.1 Å². The second-order valence-electron chi connectivity index (χ2n) is 4.14. The number of fused-ring (bicyclic) bond motifs is 1. The normalized spacial score (nSPS) is 11.2. The molecular weight excluding hydrogens is 230 g/mol. The van der Waals surface area contributed by atoms with E-state index < -0.39 is 0 Å². The Morgan fingerprint density at radius 1 is 1.33 bits per heavy atom. The van der Waals surface area contributed by atoms with E-state index in [2.05, 4.69) is 20.3 Å². The summed E-state index contributed by atoms with van der Waals surface area (Å²) in [5, 5.41) is 7.67. The Morgan fingerprint density at radius 2 is 2.22 bits per heavy atom. The number of anilines is 1. The van der Waals surface area contributed by atoms with Gasteiger partial charge in [-0.15, -0.1) is 5.10 Å². The van der Waals surface area contributed by atoms with E-state index in [-0.39, 0.29) is 0 Å². The third kappa shape index (κ3) is 1.79. The van der Waals surface area contributed by atoms with Crippen molar-refractivity contribution >= 4 is 17.1 Å². The minimum atomic E-state index is 0.475. The topological polar surface area (TPSA) is 87.4 Å². The van der Waals surface area contributed by atoms with E-state index >= 15 is 0 Å². The number of imidazole rings is 1. The number of pyridine rings is 1. The van der Waals surface area contributed by atoms with Crippen molar-refractivity contribution in [2.75, 3.05) is 5.73 Å². The molecule has 0 unspecified atom stereocenters. The molecule has 0 aliphatic carbocycles. The first-order valence-corrected chi connectivity index (χ1v) is 5.66. The number of aryl methyl sites for hydroxylation is 3. The quantitative estimate of drug-likeness (QED) is 0.728. The fourth-order valence-corrected chi connectivity index (χ4v) is 1.90. The molecule has 3 heterocycles. The number of nitrogens with two attached hydrogens (primary N) is 1. The summed E-state index contributed by atoms with van der Waals surface area (Å²) in [6.07, 6.45) is 5.28. The van der Waals surface area contributed by atoms with Crippen molar-refractivity contribution in [2.45, 2.75) is 20.0 Å². The lowest BCUT2D eigenvalue weighted by molar-refractivity contribution is 0.527. The Bertz CT molecular complexity index is 668. The molecule has 92 valence electrons. The highest BCUT2D eigenvalue weighted by Crippen LogP contribution is 2.16. The van der Waals surface area contributed by atoms with Gasteiger partial charge in [0.15, 0.2) is 5.65 Å². The Morgan fingerprint density at radius 3 is 3.00 bits per heavy atom. The molecule has 0 aliphatic heterocycles. The van der Waals surface area contributed by atoms with E-state index in [1.807, 2.05) is 30.0 Å². The van der Waals surface area contributed by atoms with Crippen LogP contribution in [0.1, 0.15) is 5.56 Å². The van der Waals surface area contributed by atoms with Gasteiger partial charge in [-0.3, -0.25) is 9.25 Å². The zero-order valence-electron chi connectivity index (χ0n) is 9.98. The lowest BCUT2D eigenvalue weighted by atomic mass is 10.3. The molecule has 0 saturated carbocycles. The highest BCUT2D eigenvalue weighted by atomic mass is 15.4. The molecule has 3 rings (SSSR count). The first-order valence-electron chi connectivity index (χ1n) is 5.66. The van der Waals surface area contributed by atoms with Crippen LogP contribution in [0.15, 0.2) is 24.7 Å². The molecule has 2 N–H and O–H groups in total. The molecule has 0 aliphatic rings. The van der Waals surface area contributed by atoms with Gasteiger partial charge in [-0.25, -0.2) is 9.97 Å². The Balaban J connectivity index is 1.93. The predicted molar refractivity (Wildman–Crippen MR) is 66.7 cm³/mol. The fraction of sp³-hybridized carbons (Fsp3) is 0.273. The smallest absolute Gasteiger partial charge is 0.202 e. The van der Waals surface area contributed by atoms with Gasteiger partial charge < -0.3 is 5.73 Å². The van der Waals surface area contributed by atoms with Crippen LogP contribution in [0.2, 0.25) is 0 Å². The van der Waals surface area contributed by atoms with Crippen LogP contribution in [0.5, 0.6) is 0 Å². The molecule has 18 heavy (non-hydrogen) atoms. The van der Waals surface area contributed by atoms with E-state index in [4.69, 9.17) is 5.73 Å². The van der Waals surface area contributed by atoms with Crippen LogP contribution in [0.3, 0.4) is 0 Å². The Kier molecular flexibility index (Phi) is 2.44. The maximum absolute atomic E-state index is 5.91. The first-order chi connectivity index (χ1) is 8.74. The third-order valence-corrected chi connectivity index (χ3v) is 2.78. The average Bonchev–Trinajstić information content (AvgIpc) is 2.93. The maximum Gasteiger partial charge on any atom is 0.202 e. The highest BCUT2D eigenvalue weighted by molar-refractivity contribution is 5.74. The standard InChI is InChI=1S/C11H13N7/c1-8-6-9-10(13-7-8)18(11(12)15-9)5-4-17-3-2-14-16-17/h2-3,6-7H,4-5H2,1H3,(H2,12,15). The predicted octanol–water partition coefficient (Wildman–Crippen LogP) is 0.614. The zero-order chi connectivity index (χ0) is 12.5. The van der Waals surface area contributed by atoms with Crippen LogP contribution in [0.4, 0.5) is 5.95 Å². The molecule has 3 aromatic heterocycles. The lowest BCUT2D eigenvalue weighted by Gasteiger charge is -2.05. The van der Waals surface area contributed by atoms with Gasteiger partial charge >= 0.3 is 0 Å². The van der Waals surface area contributed by atoms with Crippen LogP contribution in [0.25, 0.3) is 11.2 Å². The molecule has 0 aromatic carbocycles. The summed E-state index contributed by atoms with van der Waals surface area (Å²) in [7, 11) is 0. The van der Waals surface area contributed by atoms with Crippen LogP contribution >= 0.6 is 0 Å². The lowest BCUT2D eigenvalue weighted by Crippen LogP contribution is -2.10. The molecule has 0 amide bonds. The summed E-state index contributed by atoms with van der Waals surface area (Å²) in [4.78, 5) is 8.68. The molecule has 3 aromatic rings. The van der Waals surface area contributed by atoms with Crippen LogP contribution in [-0.4, -0.2) is 29.5 Å². The first kappa shape index (κ1) is 10.7. The van der Waals surface area contributed by atoms with Gasteiger partial charge in [0.05, 0.1) is 12.7 Å². The molecule has 0 spiro atoms. The van der Waals surface area contributed by atoms with Crippen molar-refractivity contribution in [3.05, 3.63) is 30.2 Å². The minimum absolute atomic E-state index is 0.475. The van der Waals surface area contributed by atoms with Crippen molar-refractivity contribution in [1.82, 2.24) is 29.5 Å². The second kappa shape index (κ2) is 4.10. The van der Waals surface area contributed by atoms with Gasteiger partial charge in [0, 0.05) is 18.9 Å². The number of nitrogen functional groups attached to an aromatic ring is 1. The van der Waals surface area contributed by atoms with Crippen molar-refractivity contribution < 1.29 is 0 Å². The van der Waals surface area contributed by atoms with Crippen molar-refractivity contribution in [1.29, 1.82) is 0 Å². The van der Waals surface area contributed by atoms with E-state index in [9.17, 15) is 0 Å². The highest BCUT2D eigenvalue weighted by Gasteiger charge is 2.09. The van der Waals surface area contributed by atoms with Gasteiger partial charge in [-0.1, -0.05) is 5.21 Å². The number of rotatable bonds is 3. The largest absolute Gasteiger partial charge is 0.369 e. The fourth-order valence-electron chi connectivity index (χ4n) is 1.90. The molecule has 0 fully saturated rings.